The minimum absolute atomic E-state index is 0.0646. The molecule has 6 nitrogen and oxygen atoms in total. The van der Waals surface area contributed by atoms with Crippen LogP contribution < -0.4 is 10.5 Å². The van der Waals surface area contributed by atoms with Crippen molar-refractivity contribution in [2.45, 2.75) is 12.5 Å². The van der Waals surface area contributed by atoms with E-state index in [9.17, 15) is 16.8 Å². The summed E-state index contributed by atoms with van der Waals surface area (Å²) in [6.45, 7) is 1.73. The second kappa shape index (κ2) is 6.21. The molecule has 0 radical (unpaired) electrons. The van der Waals surface area contributed by atoms with Gasteiger partial charge in [0.1, 0.15) is 9.84 Å². The van der Waals surface area contributed by atoms with Crippen LogP contribution in [0.5, 0.6) is 0 Å². The van der Waals surface area contributed by atoms with Gasteiger partial charge in [-0.1, -0.05) is 30.3 Å². The van der Waals surface area contributed by atoms with Gasteiger partial charge in [0.15, 0.2) is 0 Å². The van der Waals surface area contributed by atoms with Gasteiger partial charge in [0.25, 0.3) is 0 Å². The molecule has 0 fully saturated rings. The van der Waals surface area contributed by atoms with Crippen molar-refractivity contribution in [2.24, 2.45) is 5.73 Å². The fourth-order valence-electron chi connectivity index (χ4n) is 1.68. The van der Waals surface area contributed by atoms with E-state index in [0.29, 0.717) is 0 Å². The SMILES string of the molecule is CC(CN)(NS(=O)(=O)CCS(C)(=O)=O)c1ccccc1. The highest BCUT2D eigenvalue weighted by molar-refractivity contribution is 7.93. The Morgan fingerprint density at radius 2 is 1.65 bits per heavy atom. The van der Waals surface area contributed by atoms with Gasteiger partial charge in [0, 0.05) is 12.8 Å². The number of sulfonamides is 1. The summed E-state index contributed by atoms with van der Waals surface area (Å²) < 4.78 is 48.6. The van der Waals surface area contributed by atoms with Crippen molar-refractivity contribution >= 4 is 19.9 Å². The Morgan fingerprint density at radius 1 is 1.10 bits per heavy atom. The van der Waals surface area contributed by atoms with E-state index in [-0.39, 0.29) is 6.54 Å². The molecule has 0 heterocycles. The van der Waals surface area contributed by atoms with Crippen molar-refractivity contribution in [3.63, 3.8) is 0 Å². The maximum atomic E-state index is 12.0. The Bertz CT molecular complexity index is 641. The van der Waals surface area contributed by atoms with Gasteiger partial charge in [-0.15, -0.1) is 0 Å². The first-order valence-corrected chi connectivity index (χ1v) is 9.74. The van der Waals surface area contributed by atoms with E-state index in [4.69, 9.17) is 5.73 Å². The zero-order valence-corrected chi connectivity index (χ0v) is 13.2. The molecule has 1 unspecified atom stereocenters. The van der Waals surface area contributed by atoms with Crippen LogP contribution in [0.25, 0.3) is 0 Å². The number of hydrogen-bond donors (Lipinski definition) is 2. The Kier molecular flexibility index (Phi) is 5.31. The van der Waals surface area contributed by atoms with Gasteiger partial charge in [-0.25, -0.2) is 21.6 Å². The molecule has 0 bridgehead atoms. The molecular weight excluding hydrogens is 300 g/mol. The first kappa shape index (κ1) is 17.1. The molecule has 1 rings (SSSR count). The molecule has 114 valence electrons. The molecule has 3 N–H and O–H groups in total. The lowest BCUT2D eigenvalue weighted by Crippen LogP contribution is -2.49. The fraction of sp³-hybridized carbons (Fsp3) is 0.500. The second-order valence-electron chi connectivity index (χ2n) is 4.95. The molecule has 0 spiro atoms. The van der Waals surface area contributed by atoms with E-state index in [1.165, 1.54) is 0 Å². The topological polar surface area (TPSA) is 106 Å². The first-order valence-electron chi connectivity index (χ1n) is 6.03. The van der Waals surface area contributed by atoms with Crippen LogP contribution in [0, 0.1) is 0 Å². The molecule has 1 aromatic rings. The van der Waals surface area contributed by atoms with Crippen LogP contribution in [0.2, 0.25) is 0 Å². The van der Waals surface area contributed by atoms with Gasteiger partial charge in [-0.05, 0) is 12.5 Å². The van der Waals surface area contributed by atoms with Crippen molar-refractivity contribution in [2.75, 3.05) is 24.3 Å². The van der Waals surface area contributed by atoms with E-state index in [1.807, 2.05) is 6.07 Å². The smallest absolute Gasteiger partial charge is 0.213 e. The molecule has 1 atom stereocenters. The van der Waals surface area contributed by atoms with Crippen molar-refractivity contribution in [3.05, 3.63) is 35.9 Å². The molecule has 0 amide bonds. The van der Waals surface area contributed by atoms with Gasteiger partial charge in [-0.2, -0.15) is 0 Å². The summed E-state index contributed by atoms with van der Waals surface area (Å²) in [7, 11) is -7.08. The molecule has 0 aliphatic rings. The lowest BCUT2D eigenvalue weighted by Gasteiger charge is -2.29. The maximum absolute atomic E-state index is 12.0. The lowest BCUT2D eigenvalue weighted by atomic mass is 9.94. The van der Waals surface area contributed by atoms with Gasteiger partial charge in [0.05, 0.1) is 17.0 Å². The van der Waals surface area contributed by atoms with Gasteiger partial charge in [0.2, 0.25) is 10.0 Å². The van der Waals surface area contributed by atoms with Crippen LogP contribution in [-0.2, 0) is 25.4 Å². The van der Waals surface area contributed by atoms with Crippen LogP contribution in [-0.4, -0.2) is 41.1 Å². The molecular formula is C12H20N2O4S2. The molecule has 20 heavy (non-hydrogen) atoms. The summed E-state index contributed by atoms with van der Waals surface area (Å²) in [6.07, 6.45) is 1.00. The zero-order valence-electron chi connectivity index (χ0n) is 11.5. The standard InChI is InChI=1S/C12H20N2O4S2/c1-12(10-13,11-6-4-3-5-7-11)14-20(17,18)9-8-19(2,15)16/h3-7,14H,8-10,13H2,1-2H3. The molecule has 1 aromatic carbocycles. The quantitative estimate of drug-likeness (QED) is 0.725. The predicted octanol–water partition coefficient (Wildman–Crippen LogP) is -0.175. The minimum atomic E-state index is -3.74. The fourth-order valence-corrected chi connectivity index (χ4v) is 4.76. The van der Waals surface area contributed by atoms with Crippen molar-refractivity contribution in [1.82, 2.24) is 4.72 Å². The number of nitrogens with one attached hydrogen (secondary N) is 1. The molecule has 0 aliphatic heterocycles. The average Bonchev–Trinajstić information content (AvgIpc) is 2.36. The lowest BCUT2D eigenvalue weighted by molar-refractivity contribution is 0.442. The van der Waals surface area contributed by atoms with Gasteiger partial charge < -0.3 is 5.73 Å². The summed E-state index contributed by atoms with van der Waals surface area (Å²) in [4.78, 5) is 0. The molecule has 8 heteroatoms. The van der Waals surface area contributed by atoms with Crippen LogP contribution in [0.3, 0.4) is 0 Å². The highest BCUT2D eigenvalue weighted by Crippen LogP contribution is 2.20. The summed E-state index contributed by atoms with van der Waals surface area (Å²) in [6, 6.07) is 8.93. The Labute approximate surface area is 120 Å². The highest BCUT2D eigenvalue weighted by atomic mass is 32.2. The van der Waals surface area contributed by atoms with E-state index < -0.39 is 36.9 Å². The molecule has 0 saturated heterocycles. The largest absolute Gasteiger partial charge is 0.328 e. The normalized spacial score (nSPS) is 15.8. The van der Waals surface area contributed by atoms with Gasteiger partial charge in [-0.3, -0.25) is 0 Å². The number of rotatable bonds is 7. The van der Waals surface area contributed by atoms with E-state index in [1.54, 1.807) is 31.2 Å². The Hall–Kier alpha value is -0.960. The Balaban J connectivity index is 2.93. The second-order valence-corrected chi connectivity index (χ2v) is 9.05. The third kappa shape index (κ3) is 5.20. The predicted molar refractivity (Wildman–Crippen MR) is 79.5 cm³/mol. The van der Waals surface area contributed by atoms with Crippen molar-refractivity contribution < 1.29 is 16.8 Å². The first-order chi connectivity index (χ1) is 9.08. The van der Waals surface area contributed by atoms with Crippen LogP contribution in [0.1, 0.15) is 12.5 Å². The summed E-state index contributed by atoms with van der Waals surface area (Å²) in [5, 5.41) is 0. The number of hydrogen-bond acceptors (Lipinski definition) is 5. The van der Waals surface area contributed by atoms with Crippen LogP contribution in [0.4, 0.5) is 0 Å². The third-order valence-corrected chi connectivity index (χ3v) is 5.63. The summed E-state index contributed by atoms with van der Waals surface area (Å²) in [5.41, 5.74) is 5.45. The zero-order chi connectivity index (χ0) is 15.4. The molecule has 0 saturated carbocycles. The molecule has 0 aromatic heterocycles. The van der Waals surface area contributed by atoms with Crippen LogP contribution >= 0.6 is 0 Å². The van der Waals surface area contributed by atoms with E-state index in [2.05, 4.69) is 4.72 Å². The van der Waals surface area contributed by atoms with Gasteiger partial charge >= 0.3 is 0 Å². The number of nitrogens with two attached hydrogens (primary N) is 1. The van der Waals surface area contributed by atoms with Crippen molar-refractivity contribution in [3.8, 4) is 0 Å². The summed E-state index contributed by atoms with van der Waals surface area (Å²) >= 11 is 0. The Morgan fingerprint density at radius 3 is 2.10 bits per heavy atom. The number of sulfone groups is 1. The minimum Gasteiger partial charge on any atom is -0.328 e. The maximum Gasteiger partial charge on any atom is 0.213 e. The molecule has 0 aliphatic carbocycles. The average molecular weight is 320 g/mol. The highest BCUT2D eigenvalue weighted by Gasteiger charge is 2.30. The third-order valence-electron chi connectivity index (χ3n) is 2.92. The van der Waals surface area contributed by atoms with E-state index in [0.717, 1.165) is 11.8 Å². The van der Waals surface area contributed by atoms with Crippen LogP contribution in [0.15, 0.2) is 30.3 Å². The summed E-state index contributed by atoms with van der Waals surface area (Å²) in [5.74, 6) is -0.897. The van der Waals surface area contributed by atoms with Crippen molar-refractivity contribution in [1.29, 1.82) is 0 Å². The monoisotopic (exact) mass is 320 g/mol. The van der Waals surface area contributed by atoms with E-state index >= 15 is 0 Å². The number of benzene rings is 1.